The highest BCUT2D eigenvalue weighted by Gasteiger charge is 2.29. The zero-order chi connectivity index (χ0) is 24.9. The van der Waals surface area contributed by atoms with Crippen LogP contribution in [0.2, 0.25) is 0 Å². The highest BCUT2D eigenvalue weighted by molar-refractivity contribution is 7.73. The number of aromatic nitrogens is 1. The van der Waals surface area contributed by atoms with E-state index in [9.17, 15) is 5.11 Å². The maximum Gasteiger partial charge on any atom is 0.162 e. The van der Waals surface area contributed by atoms with Crippen LogP contribution in [0.4, 0.5) is 0 Å². The van der Waals surface area contributed by atoms with E-state index in [0.717, 1.165) is 33.4 Å². The van der Waals surface area contributed by atoms with Crippen molar-refractivity contribution in [2.45, 2.75) is 110 Å². The Hall–Kier alpha value is -1.65. The molecule has 34 heavy (non-hydrogen) atoms. The van der Waals surface area contributed by atoms with Crippen LogP contribution in [0.15, 0.2) is 36.4 Å². The standard InChI is InChI=1S/C30H43NOS2/c1-7-9-13-17-29(3,4)23-19-22(21-31-25-15-11-12-16-26(25)34-28(31)33)27(32)24(20-23)30(5,6)18-14-10-8-2/h11-12,15-16,19-20,32H,7-10,13-14,17-18,21H2,1-6H3. The molecule has 1 aromatic heterocycles. The van der Waals surface area contributed by atoms with Gasteiger partial charge in [0, 0.05) is 11.1 Å². The van der Waals surface area contributed by atoms with Crippen LogP contribution in [0.1, 0.15) is 110 Å². The first-order valence-electron chi connectivity index (χ1n) is 13.1. The van der Waals surface area contributed by atoms with Gasteiger partial charge in [-0.05, 0) is 59.7 Å². The summed E-state index contributed by atoms with van der Waals surface area (Å²) >= 11 is 7.40. The van der Waals surface area contributed by atoms with Crippen molar-refractivity contribution in [2.24, 2.45) is 0 Å². The minimum atomic E-state index is -0.0817. The number of phenols is 1. The number of fused-ring (bicyclic) bond motifs is 1. The molecule has 1 N–H and O–H groups in total. The minimum absolute atomic E-state index is 0.0596. The lowest BCUT2D eigenvalue weighted by Gasteiger charge is -2.32. The maximum absolute atomic E-state index is 11.6. The molecule has 0 unspecified atom stereocenters. The molecule has 0 bridgehead atoms. The predicted octanol–water partition coefficient (Wildman–Crippen LogP) is 9.90. The Morgan fingerprint density at radius 2 is 1.50 bits per heavy atom. The monoisotopic (exact) mass is 497 g/mol. The molecule has 2 aromatic carbocycles. The number of aromatic hydroxyl groups is 1. The summed E-state index contributed by atoms with van der Waals surface area (Å²) < 4.78 is 4.24. The molecule has 0 saturated heterocycles. The Balaban J connectivity index is 2.10. The molecular weight excluding hydrogens is 454 g/mol. The van der Waals surface area contributed by atoms with E-state index >= 15 is 0 Å². The lowest BCUT2D eigenvalue weighted by molar-refractivity contribution is 0.398. The van der Waals surface area contributed by atoms with Crippen LogP contribution in [0.3, 0.4) is 0 Å². The molecule has 0 aliphatic carbocycles. The highest BCUT2D eigenvalue weighted by Crippen LogP contribution is 2.42. The van der Waals surface area contributed by atoms with Gasteiger partial charge >= 0.3 is 0 Å². The first kappa shape index (κ1) is 26.9. The molecule has 0 amide bonds. The van der Waals surface area contributed by atoms with E-state index in [0.29, 0.717) is 12.3 Å². The molecule has 0 radical (unpaired) electrons. The van der Waals surface area contributed by atoms with E-state index in [-0.39, 0.29) is 10.8 Å². The normalized spacial score (nSPS) is 12.5. The molecule has 3 aromatic rings. The number of hydrogen-bond acceptors (Lipinski definition) is 3. The number of phenolic OH excluding ortho intramolecular Hbond substituents is 1. The van der Waals surface area contributed by atoms with Crippen LogP contribution >= 0.6 is 23.6 Å². The Bertz CT molecular complexity index is 1150. The van der Waals surface area contributed by atoms with Crippen molar-refractivity contribution in [3.8, 4) is 5.75 Å². The minimum Gasteiger partial charge on any atom is -0.507 e. The second-order valence-electron chi connectivity index (χ2n) is 11.1. The third-order valence-electron chi connectivity index (χ3n) is 7.41. The van der Waals surface area contributed by atoms with Gasteiger partial charge in [0.1, 0.15) is 5.75 Å². The summed E-state index contributed by atoms with van der Waals surface area (Å²) in [7, 11) is 0. The van der Waals surface area contributed by atoms with Gasteiger partial charge in [0.15, 0.2) is 3.95 Å². The summed E-state index contributed by atoms with van der Waals surface area (Å²) in [5.41, 5.74) is 4.53. The van der Waals surface area contributed by atoms with Crippen molar-refractivity contribution in [1.82, 2.24) is 4.57 Å². The van der Waals surface area contributed by atoms with E-state index in [1.807, 2.05) is 0 Å². The largest absolute Gasteiger partial charge is 0.507 e. The SMILES string of the molecule is CCCCCC(C)(C)c1cc(Cn2c(=S)sc3ccccc32)c(O)c(C(C)(C)CCCCC)c1. The smallest absolute Gasteiger partial charge is 0.162 e. The number of rotatable bonds is 12. The van der Waals surface area contributed by atoms with Crippen molar-refractivity contribution in [3.63, 3.8) is 0 Å². The first-order valence-corrected chi connectivity index (χ1v) is 14.3. The third-order valence-corrected chi connectivity index (χ3v) is 8.84. The topological polar surface area (TPSA) is 25.2 Å². The second-order valence-corrected chi connectivity index (χ2v) is 12.8. The molecule has 186 valence electrons. The molecule has 0 saturated carbocycles. The molecule has 0 aliphatic rings. The van der Waals surface area contributed by atoms with E-state index in [1.54, 1.807) is 11.3 Å². The molecule has 0 fully saturated rings. The molecule has 0 aliphatic heterocycles. The highest BCUT2D eigenvalue weighted by atomic mass is 32.1. The van der Waals surface area contributed by atoms with Gasteiger partial charge in [-0.3, -0.25) is 0 Å². The zero-order valence-electron chi connectivity index (χ0n) is 22.0. The molecule has 0 atom stereocenters. The van der Waals surface area contributed by atoms with Gasteiger partial charge in [-0.2, -0.15) is 0 Å². The molecule has 4 heteroatoms. The summed E-state index contributed by atoms with van der Waals surface area (Å²) in [5, 5.41) is 11.6. The van der Waals surface area contributed by atoms with Crippen LogP contribution in [0.25, 0.3) is 10.2 Å². The van der Waals surface area contributed by atoms with Crippen LogP contribution in [0.5, 0.6) is 5.75 Å². The number of thiazole rings is 1. The average molecular weight is 498 g/mol. The predicted molar refractivity (Wildman–Crippen MR) is 152 cm³/mol. The number of benzene rings is 2. The zero-order valence-corrected chi connectivity index (χ0v) is 23.7. The molecule has 0 spiro atoms. The van der Waals surface area contributed by atoms with Crippen molar-refractivity contribution < 1.29 is 5.11 Å². The molecular formula is C30H43NOS2. The number of nitrogens with zero attached hydrogens (tertiary/aromatic N) is 1. The average Bonchev–Trinajstić information content (AvgIpc) is 3.10. The van der Waals surface area contributed by atoms with Gasteiger partial charge in [-0.1, -0.05) is 98.3 Å². The van der Waals surface area contributed by atoms with Gasteiger partial charge < -0.3 is 9.67 Å². The van der Waals surface area contributed by atoms with Gasteiger partial charge in [0.2, 0.25) is 0 Å². The summed E-state index contributed by atoms with van der Waals surface area (Å²) in [6, 6.07) is 12.9. The quantitative estimate of drug-likeness (QED) is 0.199. The summed E-state index contributed by atoms with van der Waals surface area (Å²) in [6.07, 6.45) is 9.58. The summed E-state index contributed by atoms with van der Waals surface area (Å²) in [5.74, 6) is 0.451. The lowest BCUT2D eigenvalue weighted by atomic mass is 9.73. The summed E-state index contributed by atoms with van der Waals surface area (Å²) in [4.78, 5) is 0. The van der Waals surface area contributed by atoms with Gasteiger partial charge in [0.25, 0.3) is 0 Å². The Morgan fingerprint density at radius 1 is 0.882 bits per heavy atom. The first-order chi connectivity index (χ1) is 16.1. The number of para-hydroxylation sites is 1. The summed E-state index contributed by atoms with van der Waals surface area (Å²) in [6.45, 7) is 14.4. The Labute approximate surface area is 216 Å². The fraction of sp³-hybridized carbons (Fsp3) is 0.567. The number of unbranched alkanes of at least 4 members (excludes halogenated alkanes) is 4. The van der Waals surface area contributed by atoms with Crippen LogP contribution in [0, 0.1) is 3.95 Å². The second kappa shape index (κ2) is 11.4. The molecule has 1 heterocycles. The van der Waals surface area contributed by atoms with Gasteiger partial charge in [-0.15, -0.1) is 11.3 Å². The van der Waals surface area contributed by atoms with E-state index in [1.165, 1.54) is 48.8 Å². The van der Waals surface area contributed by atoms with Crippen molar-refractivity contribution in [3.05, 3.63) is 57.0 Å². The van der Waals surface area contributed by atoms with E-state index < -0.39 is 0 Å². The number of hydrogen-bond donors (Lipinski definition) is 1. The Kier molecular flexibility index (Phi) is 9.03. The van der Waals surface area contributed by atoms with Gasteiger partial charge in [-0.25, -0.2) is 0 Å². The van der Waals surface area contributed by atoms with Crippen LogP contribution in [-0.4, -0.2) is 9.67 Å². The van der Waals surface area contributed by atoms with E-state index in [2.05, 4.69) is 82.5 Å². The van der Waals surface area contributed by atoms with Crippen LogP contribution < -0.4 is 0 Å². The fourth-order valence-corrected chi connectivity index (χ4v) is 6.29. The maximum atomic E-state index is 11.6. The Morgan fingerprint density at radius 3 is 2.15 bits per heavy atom. The van der Waals surface area contributed by atoms with Crippen LogP contribution in [-0.2, 0) is 17.4 Å². The van der Waals surface area contributed by atoms with E-state index in [4.69, 9.17) is 12.2 Å². The lowest BCUT2D eigenvalue weighted by Crippen LogP contribution is -2.22. The van der Waals surface area contributed by atoms with Crippen molar-refractivity contribution >= 4 is 33.8 Å². The molecule has 2 nitrogen and oxygen atoms in total. The van der Waals surface area contributed by atoms with Crippen molar-refractivity contribution in [2.75, 3.05) is 0 Å². The van der Waals surface area contributed by atoms with Gasteiger partial charge in [0.05, 0.1) is 16.8 Å². The van der Waals surface area contributed by atoms with Crippen molar-refractivity contribution in [1.29, 1.82) is 0 Å². The fourth-order valence-electron chi connectivity index (χ4n) is 4.97. The third kappa shape index (κ3) is 6.12. The molecule has 3 rings (SSSR count).